The van der Waals surface area contributed by atoms with Crippen LogP contribution in [-0.4, -0.2) is 15.2 Å². The summed E-state index contributed by atoms with van der Waals surface area (Å²) < 4.78 is 1.11. The monoisotopic (exact) mass is 332 g/mol. The van der Waals surface area contributed by atoms with Gasteiger partial charge in [-0.15, -0.1) is 0 Å². The molecule has 4 nitrogen and oxygen atoms in total. The highest BCUT2D eigenvalue weighted by molar-refractivity contribution is 9.10. The first-order chi connectivity index (χ1) is 9.63. The third-order valence-corrected chi connectivity index (χ3v) is 4.01. The maximum absolute atomic E-state index is 3.98. The van der Waals surface area contributed by atoms with Crippen LogP contribution in [0.4, 0.5) is 0 Å². The Balaban J connectivity index is 1.76. The van der Waals surface area contributed by atoms with E-state index in [0.29, 0.717) is 0 Å². The molecule has 0 aliphatic carbocycles. The van der Waals surface area contributed by atoms with Crippen molar-refractivity contribution in [2.45, 2.75) is 26.4 Å². The van der Waals surface area contributed by atoms with E-state index < -0.39 is 0 Å². The lowest BCUT2D eigenvalue weighted by molar-refractivity contribution is 0.555. The molecule has 0 aliphatic heterocycles. The number of hydrogen-bond acceptors (Lipinski definition) is 2. The first-order valence-corrected chi connectivity index (χ1v) is 7.43. The molecule has 104 valence electrons. The van der Waals surface area contributed by atoms with Gasteiger partial charge in [-0.3, -0.25) is 5.10 Å². The molecule has 0 aliphatic rings. The largest absolute Gasteiger partial charge is 0.357 e. The number of nitrogens with one attached hydrogen (secondary N) is 3. The van der Waals surface area contributed by atoms with Crippen molar-refractivity contribution in [2.75, 3.05) is 0 Å². The summed E-state index contributed by atoms with van der Waals surface area (Å²) >= 11 is 3.53. The average molecular weight is 333 g/mol. The fraction of sp³-hybridized carbons (Fsp3) is 0.267. The molecule has 2 heterocycles. The van der Waals surface area contributed by atoms with Crippen molar-refractivity contribution in [1.82, 2.24) is 20.5 Å². The summed E-state index contributed by atoms with van der Waals surface area (Å²) in [5, 5.41) is 11.7. The standard InChI is InChI=1S/C15H17BrN4/c1-9-5-11(16)6-15-13(9)7-12(19-15)8-17-10(2)14-3-4-18-20-14/h3-7,10,17,19H,8H2,1-2H3,(H,18,20). The van der Waals surface area contributed by atoms with Crippen LogP contribution in [0.5, 0.6) is 0 Å². The number of fused-ring (bicyclic) bond motifs is 1. The van der Waals surface area contributed by atoms with Gasteiger partial charge in [0.15, 0.2) is 0 Å². The van der Waals surface area contributed by atoms with Crippen LogP contribution in [0, 0.1) is 6.92 Å². The molecule has 20 heavy (non-hydrogen) atoms. The summed E-state index contributed by atoms with van der Waals surface area (Å²) in [6.07, 6.45) is 1.78. The van der Waals surface area contributed by atoms with E-state index in [2.05, 4.69) is 68.5 Å². The van der Waals surface area contributed by atoms with Gasteiger partial charge in [0.2, 0.25) is 0 Å². The summed E-state index contributed by atoms with van der Waals surface area (Å²) in [7, 11) is 0. The zero-order chi connectivity index (χ0) is 14.1. The Morgan fingerprint density at radius 3 is 2.95 bits per heavy atom. The lowest BCUT2D eigenvalue weighted by Gasteiger charge is -2.10. The fourth-order valence-corrected chi connectivity index (χ4v) is 2.98. The summed E-state index contributed by atoms with van der Waals surface area (Å²) in [5.41, 5.74) is 4.73. The van der Waals surface area contributed by atoms with Gasteiger partial charge in [0, 0.05) is 39.9 Å². The molecule has 5 heteroatoms. The molecule has 2 aromatic heterocycles. The molecular weight excluding hydrogens is 316 g/mol. The van der Waals surface area contributed by atoms with E-state index >= 15 is 0 Å². The fourth-order valence-electron chi connectivity index (χ4n) is 2.41. The minimum atomic E-state index is 0.247. The molecule has 1 atom stereocenters. The van der Waals surface area contributed by atoms with Gasteiger partial charge >= 0.3 is 0 Å². The van der Waals surface area contributed by atoms with Crippen molar-refractivity contribution < 1.29 is 0 Å². The van der Waals surface area contributed by atoms with Gasteiger partial charge in [-0.05, 0) is 43.7 Å². The van der Waals surface area contributed by atoms with E-state index in [1.54, 1.807) is 6.20 Å². The van der Waals surface area contributed by atoms with Crippen LogP contribution in [-0.2, 0) is 6.54 Å². The number of nitrogens with zero attached hydrogens (tertiary/aromatic N) is 1. The van der Waals surface area contributed by atoms with Gasteiger partial charge in [0.05, 0.1) is 5.69 Å². The van der Waals surface area contributed by atoms with E-state index in [1.165, 1.54) is 22.2 Å². The molecule has 1 aromatic carbocycles. The van der Waals surface area contributed by atoms with Crippen molar-refractivity contribution in [3.8, 4) is 0 Å². The molecule has 0 radical (unpaired) electrons. The molecule has 0 saturated carbocycles. The Hall–Kier alpha value is -1.59. The van der Waals surface area contributed by atoms with Gasteiger partial charge in [-0.2, -0.15) is 5.10 Å². The highest BCUT2D eigenvalue weighted by Crippen LogP contribution is 2.24. The molecule has 0 amide bonds. The van der Waals surface area contributed by atoms with Gasteiger partial charge < -0.3 is 10.3 Å². The zero-order valence-corrected chi connectivity index (χ0v) is 13.1. The number of benzene rings is 1. The molecule has 0 saturated heterocycles. The summed E-state index contributed by atoms with van der Waals surface area (Å²) in [4.78, 5) is 3.46. The summed E-state index contributed by atoms with van der Waals surface area (Å²) in [6.45, 7) is 5.05. The lowest BCUT2D eigenvalue weighted by atomic mass is 10.1. The Morgan fingerprint density at radius 1 is 1.35 bits per heavy atom. The second-order valence-electron chi connectivity index (χ2n) is 5.09. The van der Waals surface area contributed by atoms with Crippen LogP contribution in [0.25, 0.3) is 10.9 Å². The predicted octanol–water partition coefficient (Wildman–Crippen LogP) is 3.81. The Kier molecular flexibility index (Phi) is 3.63. The third kappa shape index (κ3) is 2.64. The molecule has 0 bridgehead atoms. The average Bonchev–Trinajstić information content (AvgIpc) is 3.04. The second-order valence-corrected chi connectivity index (χ2v) is 6.01. The molecule has 1 unspecified atom stereocenters. The second kappa shape index (κ2) is 5.42. The zero-order valence-electron chi connectivity index (χ0n) is 11.5. The summed E-state index contributed by atoms with van der Waals surface area (Å²) in [6, 6.07) is 8.70. The lowest BCUT2D eigenvalue weighted by Crippen LogP contribution is -2.18. The maximum atomic E-state index is 3.98. The molecule has 3 N–H and O–H groups in total. The van der Waals surface area contributed by atoms with Crippen LogP contribution in [0.2, 0.25) is 0 Å². The molecule has 3 rings (SSSR count). The van der Waals surface area contributed by atoms with Gasteiger partial charge in [0.1, 0.15) is 0 Å². The first kappa shape index (κ1) is 13.4. The first-order valence-electron chi connectivity index (χ1n) is 6.64. The number of H-pyrrole nitrogens is 2. The van der Waals surface area contributed by atoms with Crippen molar-refractivity contribution >= 4 is 26.8 Å². The Bertz CT molecular complexity index is 715. The summed E-state index contributed by atoms with van der Waals surface area (Å²) in [5.74, 6) is 0. The highest BCUT2D eigenvalue weighted by atomic mass is 79.9. The maximum Gasteiger partial charge on any atom is 0.0518 e. The van der Waals surface area contributed by atoms with E-state index in [4.69, 9.17) is 0 Å². The predicted molar refractivity (Wildman–Crippen MR) is 84.6 cm³/mol. The molecule has 3 aromatic rings. The van der Waals surface area contributed by atoms with E-state index in [9.17, 15) is 0 Å². The van der Waals surface area contributed by atoms with Crippen LogP contribution in [0.15, 0.2) is 34.9 Å². The van der Waals surface area contributed by atoms with Crippen molar-refractivity contribution in [1.29, 1.82) is 0 Å². The highest BCUT2D eigenvalue weighted by Gasteiger charge is 2.08. The molecule has 0 fully saturated rings. The van der Waals surface area contributed by atoms with Crippen LogP contribution in [0.3, 0.4) is 0 Å². The smallest absolute Gasteiger partial charge is 0.0518 e. The number of aromatic amines is 2. The number of aromatic nitrogens is 3. The number of hydrogen-bond donors (Lipinski definition) is 3. The topological polar surface area (TPSA) is 56.5 Å². The minimum Gasteiger partial charge on any atom is -0.357 e. The van der Waals surface area contributed by atoms with Gasteiger partial charge in [0.25, 0.3) is 0 Å². The van der Waals surface area contributed by atoms with Crippen LogP contribution < -0.4 is 5.32 Å². The quantitative estimate of drug-likeness (QED) is 0.680. The van der Waals surface area contributed by atoms with E-state index in [1.807, 2.05) is 6.07 Å². The number of rotatable bonds is 4. The molecular formula is C15H17BrN4. The Morgan fingerprint density at radius 2 is 2.20 bits per heavy atom. The number of halogens is 1. The minimum absolute atomic E-state index is 0.247. The van der Waals surface area contributed by atoms with E-state index in [0.717, 1.165) is 16.7 Å². The normalized spacial score (nSPS) is 12.9. The van der Waals surface area contributed by atoms with Crippen molar-refractivity contribution in [3.63, 3.8) is 0 Å². The third-order valence-electron chi connectivity index (χ3n) is 3.55. The Labute approximate surface area is 126 Å². The van der Waals surface area contributed by atoms with Crippen LogP contribution >= 0.6 is 15.9 Å². The van der Waals surface area contributed by atoms with Gasteiger partial charge in [-0.1, -0.05) is 15.9 Å². The number of aryl methyl sites for hydroxylation is 1. The SMILES string of the molecule is Cc1cc(Br)cc2[nH]c(CNC(C)c3ccn[nH]3)cc12. The van der Waals surface area contributed by atoms with Crippen LogP contribution in [0.1, 0.15) is 29.9 Å². The van der Waals surface area contributed by atoms with Crippen molar-refractivity contribution in [2.24, 2.45) is 0 Å². The molecule has 0 spiro atoms. The van der Waals surface area contributed by atoms with Crippen molar-refractivity contribution in [3.05, 3.63) is 51.9 Å². The van der Waals surface area contributed by atoms with Gasteiger partial charge in [-0.25, -0.2) is 0 Å². The van der Waals surface area contributed by atoms with E-state index in [-0.39, 0.29) is 6.04 Å².